The number of hydrogen-bond donors (Lipinski definition) is 1. The van der Waals surface area contributed by atoms with Gasteiger partial charge < -0.3 is 19.5 Å². The van der Waals surface area contributed by atoms with Crippen LogP contribution >= 0.6 is 11.8 Å². The van der Waals surface area contributed by atoms with Gasteiger partial charge in [-0.25, -0.2) is 0 Å². The number of fused-ring (bicyclic) bond motifs is 1. The molecule has 0 saturated heterocycles. The fraction of sp³-hybridized carbons (Fsp3) is 0.273. The number of para-hydroxylation sites is 1. The molecule has 0 radical (unpaired) electrons. The Morgan fingerprint density at radius 2 is 1.90 bits per heavy atom. The molecule has 1 aliphatic rings. The van der Waals surface area contributed by atoms with E-state index in [1.807, 2.05) is 23.1 Å². The van der Waals surface area contributed by atoms with E-state index < -0.39 is 0 Å². The van der Waals surface area contributed by atoms with Crippen molar-refractivity contribution in [3.8, 4) is 5.75 Å². The van der Waals surface area contributed by atoms with Crippen LogP contribution in [0.4, 0.5) is 11.4 Å². The quantitative estimate of drug-likeness (QED) is 0.572. The average Bonchev–Trinajstić information content (AvgIpc) is 3.36. The number of carbonyl (C=O) groups is 2. The maximum atomic E-state index is 12.7. The molecule has 1 aromatic heterocycles. The van der Waals surface area contributed by atoms with E-state index in [0.29, 0.717) is 23.2 Å². The second-order valence-electron chi connectivity index (χ2n) is 7.12. The normalized spacial score (nSPS) is 12.5. The van der Waals surface area contributed by atoms with Crippen molar-refractivity contribution in [2.24, 2.45) is 7.05 Å². The number of anilines is 2. The van der Waals surface area contributed by atoms with Gasteiger partial charge >= 0.3 is 0 Å². The molecule has 0 fully saturated rings. The SMILES string of the molecule is COc1ccc(NC(=O)Cc2nnc(SCC(=O)N3CCc4ccccc43)n2C)cc1. The van der Waals surface area contributed by atoms with Gasteiger partial charge in [-0.3, -0.25) is 9.59 Å². The molecule has 2 amide bonds. The summed E-state index contributed by atoms with van der Waals surface area (Å²) in [6, 6.07) is 15.1. The predicted octanol–water partition coefficient (Wildman–Crippen LogP) is 2.69. The van der Waals surface area contributed by atoms with Crippen molar-refractivity contribution in [1.82, 2.24) is 14.8 Å². The monoisotopic (exact) mass is 437 g/mol. The molecule has 0 saturated carbocycles. The third-order valence-corrected chi connectivity index (χ3v) is 6.14. The smallest absolute Gasteiger partial charge is 0.237 e. The molecule has 0 spiro atoms. The number of carbonyl (C=O) groups excluding carboxylic acids is 2. The van der Waals surface area contributed by atoms with Crippen LogP contribution in [0.15, 0.2) is 53.7 Å². The number of ether oxygens (including phenoxy) is 1. The van der Waals surface area contributed by atoms with Gasteiger partial charge in [0, 0.05) is 25.0 Å². The highest BCUT2D eigenvalue weighted by atomic mass is 32.2. The Morgan fingerprint density at radius 3 is 2.68 bits per heavy atom. The van der Waals surface area contributed by atoms with Crippen molar-refractivity contribution in [2.45, 2.75) is 18.0 Å². The number of nitrogens with zero attached hydrogens (tertiary/aromatic N) is 4. The second-order valence-corrected chi connectivity index (χ2v) is 8.07. The van der Waals surface area contributed by atoms with E-state index in [9.17, 15) is 9.59 Å². The fourth-order valence-electron chi connectivity index (χ4n) is 3.45. The van der Waals surface area contributed by atoms with Gasteiger partial charge in [0.25, 0.3) is 0 Å². The van der Waals surface area contributed by atoms with Crippen molar-refractivity contribution in [1.29, 1.82) is 0 Å². The Balaban J connectivity index is 1.32. The highest BCUT2D eigenvalue weighted by Gasteiger charge is 2.24. The summed E-state index contributed by atoms with van der Waals surface area (Å²) in [7, 11) is 3.39. The first kappa shape index (κ1) is 20.9. The summed E-state index contributed by atoms with van der Waals surface area (Å²) in [6.07, 6.45) is 0.966. The van der Waals surface area contributed by atoms with Crippen LogP contribution in [0.5, 0.6) is 5.75 Å². The highest BCUT2D eigenvalue weighted by Crippen LogP contribution is 2.28. The minimum Gasteiger partial charge on any atom is -0.497 e. The molecule has 0 unspecified atom stereocenters. The van der Waals surface area contributed by atoms with Crippen molar-refractivity contribution in [3.63, 3.8) is 0 Å². The molecule has 0 bridgehead atoms. The van der Waals surface area contributed by atoms with Crippen molar-refractivity contribution in [3.05, 3.63) is 59.9 Å². The standard InChI is InChI=1S/C22H23N5O3S/c1-26-19(13-20(28)23-16-7-9-17(30-2)10-8-16)24-25-22(26)31-14-21(29)27-12-11-15-5-3-4-6-18(15)27/h3-10H,11-14H2,1-2H3,(H,23,28). The molecule has 8 nitrogen and oxygen atoms in total. The predicted molar refractivity (Wildman–Crippen MR) is 120 cm³/mol. The van der Waals surface area contributed by atoms with Crippen LogP contribution in [0.2, 0.25) is 0 Å². The zero-order valence-electron chi connectivity index (χ0n) is 17.4. The number of thioether (sulfide) groups is 1. The minimum absolute atomic E-state index is 0.0387. The van der Waals surface area contributed by atoms with Crippen LogP contribution in [-0.2, 0) is 29.5 Å². The van der Waals surface area contributed by atoms with E-state index in [1.54, 1.807) is 43.0 Å². The molecule has 1 N–H and O–H groups in total. The first-order chi connectivity index (χ1) is 15.0. The summed E-state index contributed by atoms with van der Waals surface area (Å²) >= 11 is 1.33. The molecule has 3 aromatic rings. The minimum atomic E-state index is -0.193. The Kier molecular flexibility index (Phi) is 6.22. The number of benzene rings is 2. The van der Waals surface area contributed by atoms with Crippen LogP contribution in [-0.4, -0.2) is 46.0 Å². The molecule has 4 rings (SSSR count). The lowest BCUT2D eigenvalue weighted by atomic mass is 10.2. The van der Waals surface area contributed by atoms with Gasteiger partial charge in [0.15, 0.2) is 5.16 Å². The molecule has 9 heteroatoms. The Labute approximate surface area is 184 Å². The van der Waals surface area contributed by atoms with Gasteiger partial charge in [-0.05, 0) is 42.3 Å². The Morgan fingerprint density at radius 1 is 1.13 bits per heavy atom. The zero-order chi connectivity index (χ0) is 21.8. The third kappa shape index (κ3) is 4.72. The summed E-state index contributed by atoms with van der Waals surface area (Å²) in [4.78, 5) is 26.9. The summed E-state index contributed by atoms with van der Waals surface area (Å²) in [5.41, 5.74) is 2.87. The van der Waals surface area contributed by atoms with E-state index in [2.05, 4.69) is 21.6 Å². The number of hydrogen-bond acceptors (Lipinski definition) is 6. The maximum absolute atomic E-state index is 12.7. The van der Waals surface area contributed by atoms with Gasteiger partial charge in [-0.2, -0.15) is 0 Å². The van der Waals surface area contributed by atoms with Crippen molar-refractivity contribution < 1.29 is 14.3 Å². The lowest BCUT2D eigenvalue weighted by Gasteiger charge is -2.16. The summed E-state index contributed by atoms with van der Waals surface area (Å²) in [6.45, 7) is 0.703. The fourth-order valence-corrected chi connectivity index (χ4v) is 4.26. The Bertz CT molecular complexity index is 1100. The number of methoxy groups -OCH3 is 1. The van der Waals surface area contributed by atoms with Crippen LogP contribution < -0.4 is 15.0 Å². The van der Waals surface area contributed by atoms with Gasteiger partial charge in [0.1, 0.15) is 11.6 Å². The molecular weight excluding hydrogens is 414 g/mol. The molecule has 160 valence electrons. The van der Waals surface area contributed by atoms with E-state index >= 15 is 0 Å². The molecule has 2 aromatic carbocycles. The van der Waals surface area contributed by atoms with Crippen LogP contribution in [0, 0.1) is 0 Å². The highest BCUT2D eigenvalue weighted by molar-refractivity contribution is 7.99. The molecule has 1 aliphatic heterocycles. The van der Waals surface area contributed by atoms with E-state index in [4.69, 9.17) is 4.74 Å². The number of aromatic nitrogens is 3. The molecular formula is C22H23N5O3S. The summed E-state index contributed by atoms with van der Waals surface area (Å²) in [5, 5.41) is 11.7. The van der Waals surface area contributed by atoms with Crippen molar-refractivity contribution >= 4 is 35.0 Å². The van der Waals surface area contributed by atoms with E-state index in [1.165, 1.54) is 17.3 Å². The maximum Gasteiger partial charge on any atom is 0.237 e. The molecule has 0 atom stereocenters. The van der Waals surface area contributed by atoms with E-state index in [-0.39, 0.29) is 24.0 Å². The number of amides is 2. The molecule has 31 heavy (non-hydrogen) atoms. The third-order valence-electron chi connectivity index (χ3n) is 5.13. The lowest BCUT2D eigenvalue weighted by molar-refractivity contribution is -0.116. The van der Waals surface area contributed by atoms with Gasteiger partial charge in [-0.1, -0.05) is 30.0 Å². The first-order valence-electron chi connectivity index (χ1n) is 9.88. The molecule has 0 aliphatic carbocycles. The topological polar surface area (TPSA) is 89.3 Å². The largest absolute Gasteiger partial charge is 0.497 e. The summed E-state index contributed by atoms with van der Waals surface area (Å²) < 4.78 is 6.87. The van der Waals surface area contributed by atoms with Crippen LogP contribution in [0.3, 0.4) is 0 Å². The number of rotatable bonds is 7. The average molecular weight is 438 g/mol. The lowest BCUT2D eigenvalue weighted by Crippen LogP contribution is -2.30. The first-order valence-corrected chi connectivity index (χ1v) is 10.9. The van der Waals surface area contributed by atoms with Crippen molar-refractivity contribution in [2.75, 3.05) is 29.6 Å². The van der Waals surface area contributed by atoms with Gasteiger partial charge in [0.2, 0.25) is 11.8 Å². The Hall–Kier alpha value is -3.33. The van der Waals surface area contributed by atoms with Crippen LogP contribution in [0.1, 0.15) is 11.4 Å². The van der Waals surface area contributed by atoms with E-state index in [0.717, 1.165) is 17.9 Å². The second kappa shape index (κ2) is 9.22. The van der Waals surface area contributed by atoms with Gasteiger partial charge in [0.05, 0.1) is 19.3 Å². The molecule has 2 heterocycles. The number of nitrogens with one attached hydrogen (secondary N) is 1. The van der Waals surface area contributed by atoms with Crippen LogP contribution in [0.25, 0.3) is 0 Å². The van der Waals surface area contributed by atoms with Gasteiger partial charge in [-0.15, -0.1) is 10.2 Å². The summed E-state index contributed by atoms with van der Waals surface area (Å²) in [5.74, 6) is 1.37. The zero-order valence-corrected chi connectivity index (χ0v) is 18.2.